The van der Waals surface area contributed by atoms with Crippen LogP contribution in [0, 0.1) is 0 Å². The number of nitrogens with zero attached hydrogens (tertiary/aromatic N) is 1. The maximum Gasteiger partial charge on any atom is 0.252 e. The molecule has 0 unspecified atom stereocenters. The number of carbonyl (C=O) groups is 1. The van der Waals surface area contributed by atoms with E-state index in [1.807, 2.05) is 31.2 Å². The van der Waals surface area contributed by atoms with Gasteiger partial charge in [0.25, 0.3) is 5.91 Å². The lowest BCUT2D eigenvalue weighted by atomic mass is 10.0. The van der Waals surface area contributed by atoms with Crippen molar-refractivity contribution >= 4 is 5.91 Å². The first kappa shape index (κ1) is 14.4. The number of pyridine rings is 1. The lowest BCUT2D eigenvalue weighted by Gasteiger charge is -2.10. The SMILES string of the molecule is CCOc1ccc(C(=O)NC[C@@H]2COc3ccccc32)cn1. The zero-order valence-corrected chi connectivity index (χ0v) is 12.4. The molecular formula is C17H18N2O3. The fourth-order valence-electron chi connectivity index (χ4n) is 2.46. The van der Waals surface area contributed by atoms with Crippen molar-refractivity contribution in [2.24, 2.45) is 0 Å². The van der Waals surface area contributed by atoms with Crippen LogP contribution in [0.4, 0.5) is 0 Å². The molecule has 0 saturated heterocycles. The molecule has 1 amide bonds. The van der Waals surface area contributed by atoms with Crippen molar-refractivity contribution in [2.75, 3.05) is 19.8 Å². The largest absolute Gasteiger partial charge is 0.493 e. The molecule has 0 spiro atoms. The van der Waals surface area contributed by atoms with E-state index >= 15 is 0 Å². The molecule has 1 aromatic heterocycles. The Bertz CT molecular complexity index is 655. The Balaban J connectivity index is 1.59. The number of carbonyl (C=O) groups excluding carboxylic acids is 1. The Labute approximate surface area is 129 Å². The minimum atomic E-state index is -0.139. The summed E-state index contributed by atoms with van der Waals surface area (Å²) in [7, 11) is 0. The number of rotatable bonds is 5. The highest BCUT2D eigenvalue weighted by atomic mass is 16.5. The molecule has 5 nitrogen and oxygen atoms in total. The molecule has 114 valence electrons. The number of hydrogen-bond acceptors (Lipinski definition) is 4. The van der Waals surface area contributed by atoms with Gasteiger partial charge in [-0.25, -0.2) is 4.98 Å². The van der Waals surface area contributed by atoms with E-state index < -0.39 is 0 Å². The first-order valence-electron chi connectivity index (χ1n) is 7.36. The number of fused-ring (bicyclic) bond motifs is 1. The molecule has 22 heavy (non-hydrogen) atoms. The fourth-order valence-corrected chi connectivity index (χ4v) is 2.46. The summed E-state index contributed by atoms with van der Waals surface area (Å²) in [5.74, 6) is 1.48. The normalized spacial score (nSPS) is 15.8. The summed E-state index contributed by atoms with van der Waals surface area (Å²) >= 11 is 0. The molecule has 1 N–H and O–H groups in total. The Kier molecular flexibility index (Phi) is 4.23. The molecule has 3 rings (SSSR count). The summed E-state index contributed by atoms with van der Waals surface area (Å²) in [5, 5.41) is 2.93. The first-order valence-corrected chi connectivity index (χ1v) is 7.36. The minimum absolute atomic E-state index is 0.139. The van der Waals surface area contributed by atoms with Crippen LogP contribution >= 0.6 is 0 Å². The molecule has 2 aromatic rings. The summed E-state index contributed by atoms with van der Waals surface area (Å²) < 4.78 is 10.9. The van der Waals surface area contributed by atoms with E-state index in [9.17, 15) is 4.79 Å². The Hall–Kier alpha value is -2.56. The van der Waals surface area contributed by atoms with Gasteiger partial charge in [-0.2, -0.15) is 0 Å². The van der Waals surface area contributed by atoms with E-state index in [2.05, 4.69) is 10.3 Å². The van der Waals surface area contributed by atoms with Gasteiger partial charge in [-0.1, -0.05) is 18.2 Å². The molecule has 1 atom stereocenters. The van der Waals surface area contributed by atoms with Crippen LogP contribution in [0.15, 0.2) is 42.6 Å². The van der Waals surface area contributed by atoms with Crippen LogP contribution in [0.5, 0.6) is 11.6 Å². The van der Waals surface area contributed by atoms with Gasteiger partial charge in [0.05, 0.1) is 18.8 Å². The van der Waals surface area contributed by atoms with Crippen LogP contribution in [0.25, 0.3) is 0 Å². The number of amides is 1. The molecule has 2 heterocycles. The third-order valence-corrected chi connectivity index (χ3v) is 3.60. The molecule has 0 radical (unpaired) electrons. The maximum atomic E-state index is 12.1. The van der Waals surface area contributed by atoms with Crippen LogP contribution in [0.1, 0.15) is 28.8 Å². The number of nitrogens with one attached hydrogen (secondary N) is 1. The molecule has 0 aliphatic carbocycles. The van der Waals surface area contributed by atoms with E-state index in [1.165, 1.54) is 6.20 Å². The molecule has 1 aromatic carbocycles. The molecule has 5 heteroatoms. The summed E-state index contributed by atoms with van der Waals surface area (Å²) in [5.41, 5.74) is 1.67. The van der Waals surface area contributed by atoms with Crippen LogP contribution in [0.2, 0.25) is 0 Å². The molecular weight excluding hydrogens is 280 g/mol. The van der Waals surface area contributed by atoms with Crippen molar-refractivity contribution in [1.82, 2.24) is 10.3 Å². The van der Waals surface area contributed by atoms with Gasteiger partial charge >= 0.3 is 0 Å². The van der Waals surface area contributed by atoms with Crippen molar-refractivity contribution in [2.45, 2.75) is 12.8 Å². The number of ether oxygens (including phenoxy) is 2. The Morgan fingerprint density at radius 3 is 3.00 bits per heavy atom. The second-order valence-electron chi connectivity index (χ2n) is 5.07. The van der Waals surface area contributed by atoms with Crippen LogP contribution in [-0.2, 0) is 0 Å². The second-order valence-corrected chi connectivity index (χ2v) is 5.07. The fraction of sp³-hybridized carbons (Fsp3) is 0.294. The first-order chi connectivity index (χ1) is 10.8. The summed E-state index contributed by atoms with van der Waals surface area (Å²) in [4.78, 5) is 16.2. The van der Waals surface area contributed by atoms with Gasteiger partial charge < -0.3 is 14.8 Å². The molecule has 1 aliphatic heterocycles. The van der Waals surface area contributed by atoms with Crippen LogP contribution < -0.4 is 14.8 Å². The van der Waals surface area contributed by atoms with E-state index in [4.69, 9.17) is 9.47 Å². The quantitative estimate of drug-likeness (QED) is 0.920. The zero-order valence-electron chi connectivity index (χ0n) is 12.4. The molecule has 1 aliphatic rings. The van der Waals surface area contributed by atoms with Gasteiger partial charge in [-0.3, -0.25) is 4.79 Å². The van der Waals surface area contributed by atoms with Gasteiger partial charge in [0.15, 0.2) is 0 Å². The average Bonchev–Trinajstić information content (AvgIpc) is 2.97. The van der Waals surface area contributed by atoms with Crippen molar-refractivity contribution in [3.63, 3.8) is 0 Å². The topological polar surface area (TPSA) is 60.5 Å². The van der Waals surface area contributed by atoms with E-state index in [0.29, 0.717) is 31.2 Å². The van der Waals surface area contributed by atoms with E-state index in [-0.39, 0.29) is 11.8 Å². The number of para-hydroxylation sites is 1. The van der Waals surface area contributed by atoms with Crippen LogP contribution in [0.3, 0.4) is 0 Å². The second kappa shape index (κ2) is 6.47. The minimum Gasteiger partial charge on any atom is -0.493 e. The standard InChI is InChI=1S/C17H18N2O3/c1-2-21-16-8-7-12(9-18-16)17(20)19-10-13-11-22-15-6-4-3-5-14(13)15/h3-9,13H,2,10-11H2,1H3,(H,19,20)/t13-/m1/s1. The number of benzene rings is 1. The zero-order chi connectivity index (χ0) is 15.4. The monoisotopic (exact) mass is 298 g/mol. The van der Waals surface area contributed by atoms with E-state index in [0.717, 1.165) is 11.3 Å². The summed E-state index contributed by atoms with van der Waals surface area (Å²) in [6.07, 6.45) is 1.53. The van der Waals surface area contributed by atoms with Gasteiger partial charge in [0.2, 0.25) is 5.88 Å². The predicted molar refractivity (Wildman–Crippen MR) is 82.4 cm³/mol. The average molecular weight is 298 g/mol. The van der Waals surface area contributed by atoms with Crippen molar-refractivity contribution in [1.29, 1.82) is 0 Å². The van der Waals surface area contributed by atoms with Crippen LogP contribution in [-0.4, -0.2) is 30.6 Å². The predicted octanol–water partition coefficient (Wildman–Crippen LogP) is 2.39. The lowest BCUT2D eigenvalue weighted by molar-refractivity contribution is 0.0949. The summed E-state index contributed by atoms with van der Waals surface area (Å²) in [6.45, 7) is 3.59. The van der Waals surface area contributed by atoms with Gasteiger partial charge in [0, 0.05) is 30.3 Å². The number of hydrogen-bond donors (Lipinski definition) is 1. The third-order valence-electron chi connectivity index (χ3n) is 3.60. The highest BCUT2D eigenvalue weighted by molar-refractivity contribution is 5.93. The third kappa shape index (κ3) is 3.03. The van der Waals surface area contributed by atoms with Crippen molar-refractivity contribution in [3.05, 3.63) is 53.7 Å². The van der Waals surface area contributed by atoms with Gasteiger partial charge in [-0.05, 0) is 19.1 Å². The highest BCUT2D eigenvalue weighted by Crippen LogP contribution is 2.32. The Morgan fingerprint density at radius 1 is 1.36 bits per heavy atom. The Morgan fingerprint density at radius 2 is 2.23 bits per heavy atom. The maximum absolute atomic E-state index is 12.1. The van der Waals surface area contributed by atoms with Crippen molar-refractivity contribution < 1.29 is 14.3 Å². The highest BCUT2D eigenvalue weighted by Gasteiger charge is 2.24. The van der Waals surface area contributed by atoms with E-state index in [1.54, 1.807) is 12.1 Å². The number of aromatic nitrogens is 1. The van der Waals surface area contributed by atoms with Crippen molar-refractivity contribution in [3.8, 4) is 11.6 Å². The molecule has 0 saturated carbocycles. The molecule has 0 bridgehead atoms. The lowest BCUT2D eigenvalue weighted by Crippen LogP contribution is -2.29. The van der Waals surface area contributed by atoms with Gasteiger partial charge in [0.1, 0.15) is 5.75 Å². The smallest absolute Gasteiger partial charge is 0.252 e. The molecule has 0 fully saturated rings. The summed E-state index contributed by atoms with van der Waals surface area (Å²) in [6, 6.07) is 11.3. The van der Waals surface area contributed by atoms with Gasteiger partial charge in [-0.15, -0.1) is 0 Å².